The number of aromatic nitrogens is 5. The molecule has 7 atom stereocenters. The summed E-state index contributed by atoms with van der Waals surface area (Å²) >= 11 is 1.32. The second-order valence-corrected chi connectivity index (χ2v) is 20.2. The van der Waals surface area contributed by atoms with E-state index >= 15 is 0 Å². The number of nitrogens with zero attached hydrogens (tertiary/aromatic N) is 6. The summed E-state index contributed by atoms with van der Waals surface area (Å²) in [7, 11) is 1.96. The van der Waals surface area contributed by atoms with Crippen LogP contribution in [0.3, 0.4) is 0 Å². The Balaban J connectivity index is 1.40. The van der Waals surface area contributed by atoms with Crippen molar-refractivity contribution in [1.29, 1.82) is 0 Å². The molecule has 24 nitrogen and oxygen atoms in total. The Morgan fingerprint density at radius 1 is 0.853 bits per heavy atom. The summed E-state index contributed by atoms with van der Waals surface area (Å²) in [6, 6.07) is 5.37. The summed E-state index contributed by atoms with van der Waals surface area (Å²) in [5.74, 6) is -3.35. The number of rotatable bonds is 31. The van der Waals surface area contributed by atoms with Gasteiger partial charge in [0.1, 0.15) is 22.8 Å². The average molecular weight is 1070 g/mol. The lowest BCUT2D eigenvalue weighted by molar-refractivity contribution is -0.143. The summed E-state index contributed by atoms with van der Waals surface area (Å²) < 4.78 is 6.35. The molecule has 3 aromatic rings. The van der Waals surface area contributed by atoms with Crippen molar-refractivity contribution < 1.29 is 43.1 Å². The zero-order valence-corrected chi connectivity index (χ0v) is 45.5. The molecule has 1 aliphatic heterocycles. The van der Waals surface area contributed by atoms with Gasteiger partial charge in [-0.05, 0) is 82.2 Å². The molecule has 1 fully saturated rings. The van der Waals surface area contributed by atoms with Crippen molar-refractivity contribution in [2.45, 2.75) is 136 Å². The van der Waals surface area contributed by atoms with Crippen molar-refractivity contribution in [3.05, 3.63) is 51.7 Å². The highest BCUT2D eigenvalue weighted by Crippen LogP contribution is 2.32. The third-order valence-electron chi connectivity index (χ3n) is 13.1. The van der Waals surface area contributed by atoms with Gasteiger partial charge in [0.15, 0.2) is 5.82 Å². The lowest BCUT2D eigenvalue weighted by Crippen LogP contribution is -2.58. The lowest BCUT2D eigenvalue weighted by atomic mass is 9.92. The fourth-order valence-electron chi connectivity index (χ4n) is 8.71. The molecule has 10 N–H and O–H groups in total. The molecule has 1 aromatic carbocycles. The van der Waals surface area contributed by atoms with Crippen LogP contribution in [-0.4, -0.2) is 166 Å². The summed E-state index contributed by atoms with van der Waals surface area (Å²) in [5.41, 5.74) is 6.68. The van der Waals surface area contributed by atoms with Crippen molar-refractivity contribution in [2.24, 2.45) is 17.6 Å². The van der Waals surface area contributed by atoms with Gasteiger partial charge in [0.25, 0.3) is 5.91 Å². The van der Waals surface area contributed by atoms with Gasteiger partial charge in [-0.25, -0.2) is 4.98 Å². The number of tetrazole rings is 1. The molecule has 8 amide bonds. The van der Waals surface area contributed by atoms with Crippen LogP contribution < -0.4 is 43.0 Å². The van der Waals surface area contributed by atoms with Crippen molar-refractivity contribution in [2.75, 3.05) is 64.8 Å². The van der Waals surface area contributed by atoms with Crippen molar-refractivity contribution in [1.82, 2.24) is 67.3 Å². The number of H-pyrrole nitrogens is 1. The van der Waals surface area contributed by atoms with E-state index in [1.165, 1.54) is 11.3 Å². The van der Waals surface area contributed by atoms with Gasteiger partial charge in [-0.15, -0.1) is 21.5 Å². The van der Waals surface area contributed by atoms with Crippen LogP contribution in [-0.2, 0) is 44.7 Å². The number of nitrogens with one attached hydrogen (secondary N) is 8. The van der Waals surface area contributed by atoms with Gasteiger partial charge < -0.3 is 52.6 Å². The number of thiazole rings is 1. The smallest absolute Gasteiger partial charge is 0.270 e. The highest BCUT2D eigenvalue weighted by molar-refractivity contribution is 7.09. The second-order valence-electron chi connectivity index (χ2n) is 19.3. The molecule has 0 aliphatic carbocycles. The maximum absolute atomic E-state index is 14.7. The van der Waals surface area contributed by atoms with Gasteiger partial charge in [-0.3, -0.25) is 43.3 Å². The van der Waals surface area contributed by atoms with Gasteiger partial charge in [0, 0.05) is 48.6 Å². The average Bonchev–Trinajstić information content (AvgIpc) is 4.13. The Morgan fingerprint density at radius 2 is 1.49 bits per heavy atom. The minimum absolute atomic E-state index is 0.0266. The number of nitrogens with two attached hydrogens (primary N) is 1. The molecule has 1 saturated heterocycles. The minimum atomic E-state index is -0.689. The number of likely N-dealkylation sites (N-methyl/N-ethyl adjacent to an activating group) is 1. The lowest BCUT2D eigenvalue weighted by Gasteiger charge is -2.40. The number of anilines is 1. The van der Waals surface area contributed by atoms with Crippen LogP contribution in [0.4, 0.5) is 5.69 Å². The van der Waals surface area contributed by atoms with Crippen molar-refractivity contribution in [3.8, 4) is 0 Å². The summed E-state index contributed by atoms with van der Waals surface area (Å²) in [6.07, 6.45) is 4.95. The highest BCUT2D eigenvalue weighted by Gasteiger charge is 2.38. The molecule has 75 heavy (non-hydrogen) atoms. The third-order valence-corrected chi connectivity index (χ3v) is 14.0. The van der Waals surface area contributed by atoms with Gasteiger partial charge in [0.05, 0.1) is 38.8 Å². The fourth-order valence-corrected chi connectivity index (χ4v) is 9.57. The number of carbonyl (C=O) groups excluding carboxylic acids is 8. The predicted molar refractivity (Wildman–Crippen MR) is 282 cm³/mol. The van der Waals surface area contributed by atoms with E-state index in [1.54, 1.807) is 17.5 Å². The molecule has 25 heteroatoms. The molecular formula is C50H79N15O9S. The Hall–Kier alpha value is -6.44. The first kappa shape index (κ1) is 61.1. The van der Waals surface area contributed by atoms with E-state index in [2.05, 4.69) is 76.6 Å². The van der Waals surface area contributed by atoms with Crippen LogP contribution in [0.15, 0.2) is 29.6 Å². The number of carbonyl (C=O) groups is 8. The standard InChI is InChI=1S/C50H79N15O9S/c1-9-19-65(50(73)45(31(6)10-2)59-48(72)37-14-12-13-20-64(37)8)38(30(4)5)23-39(74-11-3)49-58-36(29-75-49)47(71)57-35(21-32(7)46-60-62-63-61-46)22-33-15-17-34(18-16-33)56-44(70)28-55-43(69)27-54-42(68)26-53-41(67)25-52-40(66)24-51/h15-18,29-32,35,37-39,45H,9-14,19-28,51H2,1-8H3,(H,52,66)(H,53,67)(H,54,68)(H,55,69)(H,56,70)(H,57,71)(H,59,72)(H,60,61,62,63)/t31-,32-,35+,37+,38+,39+,45-/m0/s1. The second kappa shape index (κ2) is 31.4. The van der Waals surface area contributed by atoms with E-state index in [0.717, 1.165) is 37.8 Å². The number of amides is 8. The monoisotopic (exact) mass is 1070 g/mol. The van der Waals surface area contributed by atoms with Gasteiger partial charge >= 0.3 is 0 Å². The number of piperidine rings is 1. The number of hydrogen-bond donors (Lipinski definition) is 9. The highest BCUT2D eigenvalue weighted by atomic mass is 32.1. The fraction of sp³-hybridized carbons (Fsp3) is 0.640. The number of ether oxygens (including phenoxy) is 1. The van der Waals surface area contributed by atoms with Crippen LogP contribution in [0.2, 0.25) is 0 Å². The molecule has 0 radical (unpaired) electrons. The molecule has 1 aliphatic rings. The molecule has 0 bridgehead atoms. The van der Waals surface area contributed by atoms with E-state index in [9.17, 15) is 38.4 Å². The summed E-state index contributed by atoms with van der Waals surface area (Å²) in [6.45, 7) is 13.9. The van der Waals surface area contributed by atoms with Crippen molar-refractivity contribution >= 4 is 64.3 Å². The van der Waals surface area contributed by atoms with Crippen LogP contribution in [0, 0.1) is 11.8 Å². The molecule has 414 valence electrons. The maximum atomic E-state index is 14.7. The molecule has 0 spiro atoms. The van der Waals surface area contributed by atoms with Crippen LogP contribution in [0.1, 0.15) is 132 Å². The van der Waals surface area contributed by atoms with Crippen LogP contribution >= 0.6 is 11.3 Å². The molecule has 3 heterocycles. The van der Waals surface area contributed by atoms with Crippen molar-refractivity contribution in [3.63, 3.8) is 0 Å². The van der Waals surface area contributed by atoms with Crippen LogP contribution in [0.25, 0.3) is 0 Å². The summed E-state index contributed by atoms with van der Waals surface area (Å²) in [4.78, 5) is 111. The Bertz CT molecular complexity index is 2320. The van der Waals surface area contributed by atoms with E-state index < -0.39 is 60.8 Å². The Kier molecular flexibility index (Phi) is 25.6. The van der Waals surface area contributed by atoms with Gasteiger partial charge in [-0.1, -0.05) is 71.7 Å². The van der Waals surface area contributed by atoms with E-state index in [4.69, 9.17) is 15.5 Å². The number of benzene rings is 1. The topological polar surface area (TPSA) is 330 Å². The predicted octanol–water partition coefficient (Wildman–Crippen LogP) is 1.30. The summed E-state index contributed by atoms with van der Waals surface area (Å²) in [5, 5.41) is 35.2. The SMILES string of the molecule is CCCN(C(=O)[C@@H](NC(=O)[C@H]1CCCCN1C)[C@@H](C)CC)[C@H](C[C@@H](OCC)c1nc(C(=O)N[C@@H](Cc2ccc(NC(=O)CNC(=O)CNC(=O)CNC(=O)CNC(=O)CN)cc2)C[C@H](C)c2nn[nH]n2)cs1)C(C)C. The Morgan fingerprint density at radius 3 is 2.05 bits per heavy atom. The Labute approximate surface area is 443 Å². The number of hydrogen-bond acceptors (Lipinski definition) is 16. The van der Waals surface area contributed by atoms with Gasteiger partial charge in [-0.2, -0.15) is 5.21 Å². The largest absolute Gasteiger partial charge is 0.371 e. The zero-order valence-electron chi connectivity index (χ0n) is 44.7. The van der Waals surface area contributed by atoms with Gasteiger partial charge in [0.2, 0.25) is 41.4 Å². The maximum Gasteiger partial charge on any atom is 0.270 e. The molecular weight excluding hydrogens is 987 g/mol. The molecule has 0 saturated carbocycles. The molecule has 4 rings (SSSR count). The number of likely N-dealkylation sites (tertiary alicyclic amines) is 1. The van der Waals surface area contributed by atoms with Crippen LogP contribution in [0.5, 0.6) is 0 Å². The molecule has 2 aromatic heterocycles. The normalized spacial score (nSPS) is 16.1. The van der Waals surface area contributed by atoms with E-state index in [-0.39, 0.29) is 72.9 Å². The first-order valence-corrected chi connectivity index (χ1v) is 26.8. The zero-order chi connectivity index (χ0) is 55.0. The minimum Gasteiger partial charge on any atom is -0.371 e. The van der Waals surface area contributed by atoms with E-state index in [1.807, 2.05) is 58.7 Å². The third kappa shape index (κ3) is 20.0. The van der Waals surface area contributed by atoms with E-state index in [0.29, 0.717) is 55.4 Å². The molecule has 0 unspecified atom stereocenters. The number of aromatic amines is 1. The first-order chi connectivity index (χ1) is 35.9. The quantitative estimate of drug-likeness (QED) is 0.0439. The first-order valence-electron chi connectivity index (χ1n) is 25.9.